The zero-order valence-electron chi connectivity index (χ0n) is 20.4. The Morgan fingerprint density at radius 2 is 1.86 bits per heavy atom. The maximum absolute atomic E-state index is 14.0. The van der Waals surface area contributed by atoms with Gasteiger partial charge in [-0.15, -0.1) is 10.2 Å². The Kier molecular flexibility index (Phi) is 9.08. The number of carbonyl (C=O) groups is 1. The fourth-order valence-corrected chi connectivity index (χ4v) is 4.38. The van der Waals surface area contributed by atoms with E-state index in [0.29, 0.717) is 35.4 Å². The number of anilines is 1. The van der Waals surface area contributed by atoms with Crippen LogP contribution in [0.15, 0.2) is 47.6 Å². The number of nitrogens with zero attached hydrogens (tertiary/aromatic N) is 3. The molecule has 188 valence electrons. The van der Waals surface area contributed by atoms with Crippen molar-refractivity contribution >= 4 is 23.4 Å². The zero-order valence-corrected chi connectivity index (χ0v) is 21.2. The first-order chi connectivity index (χ1) is 16.7. The van der Waals surface area contributed by atoms with Crippen LogP contribution in [0.5, 0.6) is 11.5 Å². The van der Waals surface area contributed by atoms with E-state index in [-0.39, 0.29) is 11.6 Å². The Morgan fingerprint density at radius 3 is 2.51 bits per heavy atom. The SMILES string of the molecule is CCC(Sc1nnc(C(C)Oc2cccc(OC)c2)n1CC(C)C)C(=O)Nc1ccc(F)cc1F. The minimum absolute atomic E-state index is 0.0694. The summed E-state index contributed by atoms with van der Waals surface area (Å²) in [6.07, 6.45) is 0.0592. The first-order valence-electron chi connectivity index (χ1n) is 11.4. The van der Waals surface area contributed by atoms with Crippen molar-refractivity contribution in [1.82, 2.24) is 14.8 Å². The third kappa shape index (κ3) is 6.94. The number of methoxy groups -OCH3 is 1. The number of hydrogen-bond donors (Lipinski definition) is 1. The lowest BCUT2D eigenvalue weighted by Gasteiger charge is -2.19. The number of benzene rings is 2. The molecule has 0 aliphatic carbocycles. The van der Waals surface area contributed by atoms with Crippen LogP contribution in [0.4, 0.5) is 14.5 Å². The van der Waals surface area contributed by atoms with E-state index >= 15 is 0 Å². The molecule has 35 heavy (non-hydrogen) atoms. The molecule has 0 aliphatic heterocycles. The number of rotatable bonds is 11. The molecule has 7 nitrogen and oxygen atoms in total. The van der Waals surface area contributed by atoms with Gasteiger partial charge in [-0.1, -0.05) is 38.6 Å². The second-order valence-electron chi connectivity index (χ2n) is 8.41. The van der Waals surface area contributed by atoms with Crippen LogP contribution in [0.1, 0.15) is 46.0 Å². The van der Waals surface area contributed by atoms with Gasteiger partial charge in [0.1, 0.15) is 23.1 Å². The van der Waals surface area contributed by atoms with Gasteiger partial charge in [0.25, 0.3) is 0 Å². The molecule has 0 bridgehead atoms. The van der Waals surface area contributed by atoms with Crippen LogP contribution in [-0.2, 0) is 11.3 Å². The first kappa shape index (κ1) is 26.5. The average Bonchev–Trinajstić information content (AvgIpc) is 3.20. The van der Waals surface area contributed by atoms with Crippen LogP contribution in [0.3, 0.4) is 0 Å². The number of nitrogens with one attached hydrogen (secondary N) is 1. The first-order valence-corrected chi connectivity index (χ1v) is 12.3. The molecule has 10 heteroatoms. The van der Waals surface area contributed by atoms with E-state index in [1.165, 1.54) is 17.8 Å². The van der Waals surface area contributed by atoms with Gasteiger partial charge in [-0.05, 0) is 43.5 Å². The van der Waals surface area contributed by atoms with Crippen LogP contribution < -0.4 is 14.8 Å². The summed E-state index contributed by atoms with van der Waals surface area (Å²) < 4.78 is 40.5. The van der Waals surface area contributed by atoms with Gasteiger partial charge >= 0.3 is 0 Å². The monoisotopic (exact) mass is 504 g/mol. The molecule has 3 rings (SSSR count). The number of aromatic nitrogens is 3. The summed E-state index contributed by atoms with van der Waals surface area (Å²) in [6.45, 7) is 8.52. The molecule has 1 N–H and O–H groups in total. The topological polar surface area (TPSA) is 78.3 Å². The molecule has 0 saturated heterocycles. The predicted octanol–water partition coefficient (Wildman–Crippen LogP) is 5.87. The summed E-state index contributed by atoms with van der Waals surface area (Å²) >= 11 is 1.25. The van der Waals surface area contributed by atoms with Crippen LogP contribution in [0.2, 0.25) is 0 Å². The van der Waals surface area contributed by atoms with Gasteiger partial charge in [0, 0.05) is 18.7 Å². The summed E-state index contributed by atoms with van der Waals surface area (Å²) in [5, 5.41) is 11.3. The van der Waals surface area contributed by atoms with E-state index in [4.69, 9.17) is 9.47 Å². The lowest BCUT2D eigenvalue weighted by Crippen LogP contribution is -2.26. The highest BCUT2D eigenvalue weighted by atomic mass is 32.2. The van der Waals surface area contributed by atoms with E-state index in [0.717, 1.165) is 12.1 Å². The van der Waals surface area contributed by atoms with Crippen LogP contribution >= 0.6 is 11.8 Å². The highest BCUT2D eigenvalue weighted by molar-refractivity contribution is 8.00. The second kappa shape index (κ2) is 12.0. The molecule has 0 radical (unpaired) electrons. The van der Waals surface area contributed by atoms with Crippen molar-refractivity contribution in [3.8, 4) is 11.5 Å². The number of hydrogen-bond acceptors (Lipinski definition) is 6. The van der Waals surface area contributed by atoms with Gasteiger partial charge < -0.3 is 19.4 Å². The Morgan fingerprint density at radius 1 is 1.11 bits per heavy atom. The predicted molar refractivity (Wildman–Crippen MR) is 132 cm³/mol. The molecular weight excluding hydrogens is 474 g/mol. The minimum Gasteiger partial charge on any atom is -0.497 e. The summed E-state index contributed by atoms with van der Waals surface area (Å²) in [4.78, 5) is 12.9. The van der Waals surface area contributed by atoms with Crippen molar-refractivity contribution < 1.29 is 23.0 Å². The van der Waals surface area contributed by atoms with E-state index in [9.17, 15) is 13.6 Å². The van der Waals surface area contributed by atoms with E-state index in [2.05, 4.69) is 29.4 Å². The Bertz CT molecular complexity index is 1160. The fraction of sp³-hybridized carbons (Fsp3) is 0.400. The van der Waals surface area contributed by atoms with E-state index in [1.807, 2.05) is 36.6 Å². The van der Waals surface area contributed by atoms with Crippen molar-refractivity contribution in [2.45, 2.75) is 57.2 Å². The van der Waals surface area contributed by atoms with Gasteiger partial charge in [-0.2, -0.15) is 0 Å². The molecule has 1 aromatic heterocycles. The van der Waals surface area contributed by atoms with Gasteiger partial charge in [0.15, 0.2) is 17.1 Å². The third-order valence-electron chi connectivity index (χ3n) is 5.11. The molecule has 0 aliphatic rings. The van der Waals surface area contributed by atoms with Gasteiger partial charge in [-0.3, -0.25) is 4.79 Å². The number of amides is 1. The third-order valence-corrected chi connectivity index (χ3v) is 6.46. The lowest BCUT2D eigenvalue weighted by atomic mass is 10.2. The van der Waals surface area contributed by atoms with Crippen LogP contribution in [0, 0.1) is 17.6 Å². The normalized spacial score (nSPS) is 12.9. The highest BCUT2D eigenvalue weighted by Gasteiger charge is 2.26. The summed E-state index contributed by atoms with van der Waals surface area (Å²) in [7, 11) is 1.59. The summed E-state index contributed by atoms with van der Waals surface area (Å²) in [6, 6.07) is 10.3. The minimum atomic E-state index is -0.827. The molecule has 0 spiro atoms. The number of ether oxygens (including phenoxy) is 2. The van der Waals surface area contributed by atoms with Gasteiger partial charge in [-0.25, -0.2) is 8.78 Å². The lowest BCUT2D eigenvalue weighted by molar-refractivity contribution is -0.115. The largest absolute Gasteiger partial charge is 0.497 e. The quantitative estimate of drug-likeness (QED) is 0.329. The zero-order chi connectivity index (χ0) is 25.5. The Labute approximate surface area is 208 Å². The highest BCUT2D eigenvalue weighted by Crippen LogP contribution is 2.30. The van der Waals surface area contributed by atoms with Crippen LogP contribution in [-0.4, -0.2) is 33.0 Å². The molecule has 0 saturated carbocycles. The maximum Gasteiger partial charge on any atom is 0.238 e. The molecule has 3 aromatic rings. The van der Waals surface area contributed by atoms with Crippen molar-refractivity contribution in [2.75, 3.05) is 12.4 Å². The standard InChI is InChI=1S/C25H30F2N4O3S/c1-6-22(24(32)28-21-11-10-17(26)12-20(21)27)35-25-30-29-23(31(25)14-15(2)3)16(4)34-19-9-7-8-18(13-19)33-5/h7-13,15-16,22H,6,14H2,1-5H3,(H,28,32). The molecular formula is C25H30F2N4O3S. The van der Waals surface area contributed by atoms with Crippen molar-refractivity contribution in [3.63, 3.8) is 0 Å². The number of thioether (sulfide) groups is 1. The molecule has 2 unspecified atom stereocenters. The average molecular weight is 505 g/mol. The molecule has 2 aromatic carbocycles. The summed E-state index contributed by atoms with van der Waals surface area (Å²) in [5.41, 5.74) is -0.0694. The Hall–Kier alpha value is -3.14. The van der Waals surface area contributed by atoms with Gasteiger partial charge in [0.05, 0.1) is 18.0 Å². The maximum atomic E-state index is 14.0. The molecule has 1 amide bonds. The molecule has 0 fully saturated rings. The second-order valence-corrected chi connectivity index (χ2v) is 9.58. The van der Waals surface area contributed by atoms with Gasteiger partial charge in [0.2, 0.25) is 5.91 Å². The smallest absolute Gasteiger partial charge is 0.238 e. The summed E-state index contributed by atoms with van der Waals surface area (Å²) in [5.74, 6) is 0.304. The molecule has 1 heterocycles. The van der Waals surface area contributed by atoms with E-state index in [1.54, 1.807) is 13.2 Å². The number of halogens is 2. The molecule has 2 atom stereocenters. The van der Waals surface area contributed by atoms with Crippen molar-refractivity contribution in [1.29, 1.82) is 0 Å². The number of carbonyl (C=O) groups excluding carboxylic acids is 1. The van der Waals surface area contributed by atoms with Crippen molar-refractivity contribution in [2.24, 2.45) is 5.92 Å². The van der Waals surface area contributed by atoms with Crippen molar-refractivity contribution in [3.05, 3.63) is 59.9 Å². The fourth-order valence-electron chi connectivity index (χ4n) is 3.41. The van der Waals surface area contributed by atoms with Crippen LogP contribution in [0.25, 0.3) is 0 Å². The Balaban J connectivity index is 1.80. The van der Waals surface area contributed by atoms with E-state index < -0.39 is 28.9 Å².